The van der Waals surface area contributed by atoms with Gasteiger partial charge in [0.15, 0.2) is 5.82 Å². The molecule has 1 aliphatic heterocycles. The van der Waals surface area contributed by atoms with E-state index >= 15 is 0 Å². The summed E-state index contributed by atoms with van der Waals surface area (Å²) in [6.45, 7) is 10.9. The molecule has 0 radical (unpaired) electrons. The van der Waals surface area contributed by atoms with E-state index in [9.17, 15) is 0 Å². The fourth-order valence-corrected chi connectivity index (χ4v) is 3.98. The van der Waals surface area contributed by atoms with Crippen molar-refractivity contribution < 1.29 is 0 Å². The van der Waals surface area contributed by atoms with Crippen molar-refractivity contribution in [2.45, 2.75) is 45.7 Å². The van der Waals surface area contributed by atoms with E-state index in [0.717, 1.165) is 25.3 Å². The van der Waals surface area contributed by atoms with Crippen molar-refractivity contribution in [2.24, 2.45) is 0 Å². The number of hydrogen-bond donors (Lipinski definition) is 0. The molecule has 1 aromatic carbocycles. The van der Waals surface area contributed by atoms with Crippen LogP contribution < -0.4 is 0 Å². The van der Waals surface area contributed by atoms with Crippen LogP contribution in [0, 0.1) is 6.92 Å². The first-order valence-electron chi connectivity index (χ1n) is 8.70. The van der Waals surface area contributed by atoms with Gasteiger partial charge in [-0.2, -0.15) is 11.8 Å². The summed E-state index contributed by atoms with van der Waals surface area (Å²) in [4.78, 5) is 2.52. The average Bonchev–Trinajstić information content (AvgIpc) is 3.08. The zero-order valence-corrected chi connectivity index (χ0v) is 15.9. The van der Waals surface area contributed by atoms with E-state index in [2.05, 4.69) is 72.4 Å². The second-order valence-electron chi connectivity index (χ2n) is 7.08. The van der Waals surface area contributed by atoms with E-state index in [-0.39, 0.29) is 11.6 Å². The Morgan fingerprint density at radius 3 is 2.46 bits per heavy atom. The zero-order valence-electron chi connectivity index (χ0n) is 15.1. The van der Waals surface area contributed by atoms with Crippen molar-refractivity contribution in [3.05, 3.63) is 41.2 Å². The Balaban J connectivity index is 2.05. The van der Waals surface area contributed by atoms with Crippen LogP contribution in [-0.2, 0) is 5.54 Å². The number of benzene rings is 1. The molecule has 0 saturated carbocycles. The first-order chi connectivity index (χ1) is 11.5. The third kappa shape index (κ3) is 3.49. The van der Waals surface area contributed by atoms with Crippen molar-refractivity contribution >= 4 is 11.8 Å². The largest absolute Gasteiger partial charge is 0.288 e. The molecule has 130 valence electrons. The highest BCUT2D eigenvalue weighted by atomic mass is 32.2. The van der Waals surface area contributed by atoms with Crippen molar-refractivity contribution in [1.29, 1.82) is 0 Å². The van der Waals surface area contributed by atoms with Gasteiger partial charge in [0, 0.05) is 24.6 Å². The van der Waals surface area contributed by atoms with Gasteiger partial charge < -0.3 is 0 Å². The maximum atomic E-state index is 4.46. The van der Waals surface area contributed by atoms with Crippen LogP contribution in [0.3, 0.4) is 0 Å². The summed E-state index contributed by atoms with van der Waals surface area (Å²) in [5.74, 6) is 3.29. The van der Waals surface area contributed by atoms with Gasteiger partial charge in [-0.1, -0.05) is 36.8 Å². The number of tetrazole rings is 1. The van der Waals surface area contributed by atoms with Crippen LogP contribution in [0.5, 0.6) is 0 Å². The summed E-state index contributed by atoms with van der Waals surface area (Å²) >= 11 is 2.03. The summed E-state index contributed by atoms with van der Waals surface area (Å²) < 4.78 is 2.03. The van der Waals surface area contributed by atoms with Gasteiger partial charge in [-0.05, 0) is 43.2 Å². The maximum absolute atomic E-state index is 4.46. The van der Waals surface area contributed by atoms with Crippen LogP contribution >= 0.6 is 11.8 Å². The van der Waals surface area contributed by atoms with Crippen molar-refractivity contribution in [2.75, 3.05) is 24.6 Å². The molecular formula is C18H27N5S. The van der Waals surface area contributed by atoms with Gasteiger partial charge in [0.1, 0.15) is 0 Å². The molecule has 5 nitrogen and oxygen atoms in total. The molecule has 3 rings (SSSR count). The molecule has 1 atom stereocenters. The summed E-state index contributed by atoms with van der Waals surface area (Å²) in [6, 6.07) is 8.92. The van der Waals surface area contributed by atoms with Crippen molar-refractivity contribution in [3.63, 3.8) is 0 Å². The monoisotopic (exact) mass is 345 g/mol. The first-order valence-corrected chi connectivity index (χ1v) is 9.85. The Kier molecular flexibility index (Phi) is 5.25. The summed E-state index contributed by atoms with van der Waals surface area (Å²) in [7, 11) is 0. The molecule has 1 saturated heterocycles. The Morgan fingerprint density at radius 1 is 1.17 bits per heavy atom. The zero-order chi connectivity index (χ0) is 17.2. The maximum Gasteiger partial charge on any atom is 0.173 e. The summed E-state index contributed by atoms with van der Waals surface area (Å²) in [6.07, 6.45) is 0.988. The van der Waals surface area contributed by atoms with E-state index in [4.69, 9.17) is 0 Å². The fraction of sp³-hybridized carbons (Fsp3) is 0.611. The standard InChI is InChI=1S/C18H27N5S/c1-5-18(3,4)23-17(19-20-21-23)16(22-10-12-24-13-11-22)15-8-6-14(2)7-9-15/h6-9,16H,5,10-13H2,1-4H3/t16-/m0/s1. The van der Waals surface area contributed by atoms with E-state index < -0.39 is 0 Å². The van der Waals surface area contributed by atoms with E-state index in [1.807, 2.05) is 16.4 Å². The van der Waals surface area contributed by atoms with Crippen molar-refractivity contribution in [1.82, 2.24) is 25.1 Å². The molecule has 0 spiro atoms. The average molecular weight is 346 g/mol. The second kappa shape index (κ2) is 7.23. The van der Waals surface area contributed by atoms with Crippen LogP contribution in [0.2, 0.25) is 0 Å². The van der Waals surface area contributed by atoms with E-state index in [1.54, 1.807) is 0 Å². The highest BCUT2D eigenvalue weighted by molar-refractivity contribution is 7.99. The van der Waals surface area contributed by atoms with Crippen molar-refractivity contribution in [3.8, 4) is 0 Å². The fourth-order valence-electron chi connectivity index (χ4n) is 3.05. The predicted molar refractivity (Wildman–Crippen MR) is 99.4 cm³/mol. The Labute approximate surface area is 148 Å². The first kappa shape index (κ1) is 17.4. The number of rotatable bonds is 5. The quantitative estimate of drug-likeness (QED) is 0.832. The minimum Gasteiger partial charge on any atom is -0.288 e. The van der Waals surface area contributed by atoms with Crippen LogP contribution in [0.25, 0.3) is 0 Å². The number of aromatic nitrogens is 4. The third-order valence-electron chi connectivity index (χ3n) is 4.98. The summed E-state index contributed by atoms with van der Waals surface area (Å²) in [5.41, 5.74) is 2.46. The topological polar surface area (TPSA) is 46.8 Å². The number of hydrogen-bond acceptors (Lipinski definition) is 5. The van der Waals surface area contributed by atoms with Crippen LogP contribution in [0.4, 0.5) is 0 Å². The van der Waals surface area contributed by atoms with Gasteiger partial charge >= 0.3 is 0 Å². The van der Waals surface area contributed by atoms with Gasteiger partial charge in [-0.25, -0.2) is 4.68 Å². The minimum atomic E-state index is -0.0910. The molecule has 1 aromatic heterocycles. The van der Waals surface area contributed by atoms with E-state index in [1.165, 1.54) is 22.6 Å². The Hall–Kier alpha value is -1.40. The lowest BCUT2D eigenvalue weighted by atomic mass is 9.99. The molecule has 0 unspecified atom stereocenters. The molecular weight excluding hydrogens is 318 g/mol. The second-order valence-corrected chi connectivity index (χ2v) is 8.30. The molecule has 6 heteroatoms. The number of thioether (sulfide) groups is 1. The normalized spacial score (nSPS) is 17.8. The van der Waals surface area contributed by atoms with Gasteiger partial charge in [0.2, 0.25) is 0 Å². The Bertz CT molecular complexity index is 658. The lowest BCUT2D eigenvalue weighted by Gasteiger charge is -2.35. The molecule has 0 bridgehead atoms. The highest BCUT2D eigenvalue weighted by Crippen LogP contribution is 2.32. The molecule has 0 N–H and O–H groups in total. The van der Waals surface area contributed by atoms with Gasteiger partial charge in [-0.15, -0.1) is 5.10 Å². The number of nitrogens with zero attached hydrogens (tertiary/aromatic N) is 5. The van der Waals surface area contributed by atoms with E-state index in [0.29, 0.717) is 0 Å². The lowest BCUT2D eigenvalue weighted by Crippen LogP contribution is -2.40. The number of aryl methyl sites for hydroxylation is 1. The van der Waals surface area contributed by atoms with Gasteiger partial charge in [-0.3, -0.25) is 4.90 Å². The molecule has 0 aliphatic carbocycles. The third-order valence-corrected chi connectivity index (χ3v) is 5.92. The molecule has 1 aliphatic rings. The van der Waals surface area contributed by atoms with Gasteiger partial charge in [0.25, 0.3) is 0 Å². The molecule has 1 fully saturated rings. The van der Waals surface area contributed by atoms with Gasteiger partial charge in [0.05, 0.1) is 11.6 Å². The molecule has 0 amide bonds. The Morgan fingerprint density at radius 2 is 1.83 bits per heavy atom. The smallest absolute Gasteiger partial charge is 0.173 e. The molecule has 2 heterocycles. The van der Waals surface area contributed by atoms with Crippen LogP contribution in [0.15, 0.2) is 24.3 Å². The SMILES string of the molecule is CCC(C)(C)n1nnnc1[C@H](c1ccc(C)cc1)N1CCSCC1. The summed E-state index contributed by atoms with van der Waals surface area (Å²) in [5, 5.41) is 12.8. The van der Waals surface area contributed by atoms with Crippen LogP contribution in [0.1, 0.15) is 50.2 Å². The molecule has 24 heavy (non-hydrogen) atoms. The lowest BCUT2D eigenvalue weighted by molar-refractivity contribution is 0.212. The highest BCUT2D eigenvalue weighted by Gasteiger charge is 2.33. The predicted octanol–water partition coefficient (Wildman–Crippen LogP) is 3.26. The minimum absolute atomic E-state index is 0.0910. The molecule has 2 aromatic rings. The van der Waals surface area contributed by atoms with Crippen LogP contribution in [-0.4, -0.2) is 49.7 Å².